The van der Waals surface area contributed by atoms with Gasteiger partial charge in [0.1, 0.15) is 4.75 Å². The fourth-order valence-corrected chi connectivity index (χ4v) is 3.24. The standard InChI is InChI=1S/C12H22N2O3S/c1-11(2,18(3,16)17)10(15)14-7-5-12(9-14)4-6-13-8-12/h13H,4-9H2,1-3H3. The highest BCUT2D eigenvalue weighted by Crippen LogP contribution is 2.37. The minimum atomic E-state index is -3.38. The molecule has 0 aliphatic carbocycles. The van der Waals surface area contributed by atoms with E-state index in [1.165, 1.54) is 13.8 Å². The second-order valence-corrected chi connectivity index (χ2v) is 8.75. The molecule has 1 atom stereocenters. The Hall–Kier alpha value is -0.620. The monoisotopic (exact) mass is 274 g/mol. The summed E-state index contributed by atoms with van der Waals surface area (Å²) in [4.78, 5) is 14.1. The Balaban J connectivity index is 2.13. The molecule has 1 unspecified atom stereocenters. The van der Waals surface area contributed by atoms with Crippen LogP contribution in [0, 0.1) is 5.41 Å². The van der Waals surface area contributed by atoms with Crippen LogP contribution in [0.2, 0.25) is 0 Å². The van der Waals surface area contributed by atoms with E-state index in [9.17, 15) is 13.2 Å². The largest absolute Gasteiger partial charge is 0.341 e. The molecule has 0 radical (unpaired) electrons. The molecule has 1 spiro atoms. The van der Waals surface area contributed by atoms with Crippen LogP contribution in [-0.2, 0) is 14.6 Å². The summed E-state index contributed by atoms with van der Waals surface area (Å²) in [5.41, 5.74) is 0.184. The zero-order valence-electron chi connectivity index (χ0n) is 11.3. The number of carbonyl (C=O) groups excluding carboxylic acids is 1. The lowest BCUT2D eigenvalue weighted by atomic mass is 9.86. The van der Waals surface area contributed by atoms with Crippen molar-refractivity contribution in [3.8, 4) is 0 Å². The van der Waals surface area contributed by atoms with Crippen molar-refractivity contribution in [3.63, 3.8) is 0 Å². The van der Waals surface area contributed by atoms with Gasteiger partial charge in [-0.05, 0) is 33.2 Å². The number of amides is 1. The zero-order chi connectivity index (χ0) is 13.6. The van der Waals surface area contributed by atoms with Crippen LogP contribution in [0.25, 0.3) is 0 Å². The third kappa shape index (κ3) is 2.16. The van der Waals surface area contributed by atoms with Gasteiger partial charge in [0.05, 0.1) is 0 Å². The maximum Gasteiger partial charge on any atom is 0.243 e. The minimum absolute atomic E-state index is 0.184. The summed E-state index contributed by atoms with van der Waals surface area (Å²) in [6.45, 7) is 6.32. The van der Waals surface area contributed by atoms with Gasteiger partial charge in [0.2, 0.25) is 5.91 Å². The van der Waals surface area contributed by atoms with Crippen molar-refractivity contribution in [2.75, 3.05) is 32.4 Å². The van der Waals surface area contributed by atoms with E-state index in [1.807, 2.05) is 0 Å². The molecule has 2 rings (SSSR count). The molecule has 0 saturated carbocycles. The van der Waals surface area contributed by atoms with Crippen LogP contribution in [0.15, 0.2) is 0 Å². The molecular formula is C12H22N2O3S. The van der Waals surface area contributed by atoms with Crippen LogP contribution in [0.5, 0.6) is 0 Å². The zero-order valence-corrected chi connectivity index (χ0v) is 12.1. The second kappa shape index (κ2) is 4.20. The van der Waals surface area contributed by atoms with E-state index in [-0.39, 0.29) is 11.3 Å². The van der Waals surface area contributed by atoms with Crippen molar-refractivity contribution in [3.05, 3.63) is 0 Å². The third-order valence-electron chi connectivity index (χ3n) is 4.50. The number of hydrogen-bond acceptors (Lipinski definition) is 4. The van der Waals surface area contributed by atoms with Crippen LogP contribution in [0.4, 0.5) is 0 Å². The van der Waals surface area contributed by atoms with Crippen molar-refractivity contribution in [2.24, 2.45) is 5.41 Å². The molecule has 6 heteroatoms. The second-order valence-electron chi connectivity index (χ2n) is 6.19. The molecule has 1 amide bonds. The van der Waals surface area contributed by atoms with Gasteiger partial charge < -0.3 is 10.2 Å². The molecule has 0 aromatic heterocycles. The maximum absolute atomic E-state index is 12.4. The molecule has 18 heavy (non-hydrogen) atoms. The van der Waals surface area contributed by atoms with Crippen molar-refractivity contribution in [1.82, 2.24) is 10.2 Å². The van der Waals surface area contributed by atoms with Crippen LogP contribution in [0.1, 0.15) is 26.7 Å². The van der Waals surface area contributed by atoms with Crippen LogP contribution in [0.3, 0.4) is 0 Å². The summed E-state index contributed by atoms with van der Waals surface area (Å²) < 4.78 is 22.1. The molecule has 2 saturated heterocycles. The summed E-state index contributed by atoms with van der Waals surface area (Å²) in [7, 11) is -3.38. The molecule has 5 nitrogen and oxygen atoms in total. The highest BCUT2D eigenvalue weighted by Gasteiger charge is 2.47. The SMILES string of the molecule is CC(C)(C(=O)N1CCC2(CCNC2)C1)S(C)(=O)=O. The molecule has 0 aromatic carbocycles. The Labute approximate surface area is 109 Å². The molecule has 0 aromatic rings. The first-order chi connectivity index (χ1) is 8.18. The fourth-order valence-electron chi connectivity index (χ4n) is 2.79. The highest BCUT2D eigenvalue weighted by atomic mass is 32.2. The van der Waals surface area contributed by atoms with Crippen molar-refractivity contribution in [2.45, 2.75) is 31.4 Å². The lowest BCUT2D eigenvalue weighted by Crippen LogP contribution is -2.49. The number of nitrogens with zero attached hydrogens (tertiary/aromatic N) is 1. The van der Waals surface area contributed by atoms with E-state index in [0.29, 0.717) is 13.1 Å². The third-order valence-corrected chi connectivity index (χ3v) is 6.53. The fraction of sp³-hybridized carbons (Fsp3) is 0.917. The van der Waals surface area contributed by atoms with Gasteiger partial charge in [-0.15, -0.1) is 0 Å². The van der Waals surface area contributed by atoms with Crippen LogP contribution < -0.4 is 5.32 Å². The van der Waals surface area contributed by atoms with Gasteiger partial charge in [0, 0.05) is 31.3 Å². The van der Waals surface area contributed by atoms with Crippen LogP contribution >= 0.6 is 0 Å². The summed E-state index contributed by atoms with van der Waals surface area (Å²) in [5, 5.41) is 3.33. The first kappa shape index (κ1) is 13.8. The van der Waals surface area contributed by atoms with Gasteiger partial charge >= 0.3 is 0 Å². The number of rotatable bonds is 2. The minimum Gasteiger partial charge on any atom is -0.341 e. The lowest BCUT2D eigenvalue weighted by molar-refractivity contribution is -0.132. The number of likely N-dealkylation sites (tertiary alicyclic amines) is 1. The van der Waals surface area contributed by atoms with Crippen molar-refractivity contribution < 1.29 is 13.2 Å². The normalized spacial score (nSPS) is 29.2. The first-order valence-electron chi connectivity index (χ1n) is 6.38. The molecule has 104 valence electrons. The Bertz CT molecular complexity index is 450. The Kier molecular flexibility index (Phi) is 3.22. The van der Waals surface area contributed by atoms with E-state index in [1.54, 1.807) is 4.90 Å². The van der Waals surface area contributed by atoms with Gasteiger partial charge in [0.25, 0.3) is 0 Å². The van der Waals surface area contributed by atoms with Crippen molar-refractivity contribution >= 4 is 15.7 Å². The number of sulfone groups is 1. The maximum atomic E-state index is 12.4. The molecule has 2 aliphatic rings. The molecule has 1 N–H and O–H groups in total. The van der Waals surface area contributed by atoms with Gasteiger partial charge in [-0.25, -0.2) is 8.42 Å². The van der Waals surface area contributed by atoms with Gasteiger partial charge in [0.15, 0.2) is 9.84 Å². The predicted molar refractivity (Wildman–Crippen MR) is 70.0 cm³/mol. The highest BCUT2D eigenvalue weighted by molar-refractivity contribution is 7.92. The lowest BCUT2D eigenvalue weighted by Gasteiger charge is -2.29. The number of nitrogens with one attached hydrogen (secondary N) is 1. The molecule has 2 aliphatic heterocycles. The molecule has 0 bridgehead atoms. The topological polar surface area (TPSA) is 66.5 Å². The average molecular weight is 274 g/mol. The van der Waals surface area contributed by atoms with E-state index >= 15 is 0 Å². The summed E-state index contributed by atoms with van der Waals surface area (Å²) in [5.74, 6) is -0.256. The number of hydrogen-bond donors (Lipinski definition) is 1. The summed E-state index contributed by atoms with van der Waals surface area (Å²) in [6, 6.07) is 0. The molecule has 2 fully saturated rings. The number of carbonyl (C=O) groups is 1. The van der Waals surface area contributed by atoms with E-state index in [2.05, 4.69) is 5.32 Å². The van der Waals surface area contributed by atoms with E-state index in [0.717, 1.165) is 32.2 Å². The Morgan fingerprint density at radius 3 is 2.50 bits per heavy atom. The van der Waals surface area contributed by atoms with Gasteiger partial charge in [-0.3, -0.25) is 4.79 Å². The van der Waals surface area contributed by atoms with E-state index in [4.69, 9.17) is 0 Å². The Morgan fingerprint density at radius 2 is 2.00 bits per heavy atom. The first-order valence-corrected chi connectivity index (χ1v) is 8.27. The van der Waals surface area contributed by atoms with Crippen molar-refractivity contribution in [1.29, 1.82) is 0 Å². The summed E-state index contributed by atoms with van der Waals surface area (Å²) in [6.07, 6.45) is 3.19. The smallest absolute Gasteiger partial charge is 0.243 e. The molecular weight excluding hydrogens is 252 g/mol. The van der Waals surface area contributed by atoms with Gasteiger partial charge in [-0.2, -0.15) is 0 Å². The average Bonchev–Trinajstić information content (AvgIpc) is 2.87. The van der Waals surface area contributed by atoms with Crippen LogP contribution in [-0.4, -0.2) is 56.4 Å². The predicted octanol–water partition coefficient (Wildman–Crippen LogP) is 0.0216. The quantitative estimate of drug-likeness (QED) is 0.771. The summed E-state index contributed by atoms with van der Waals surface area (Å²) >= 11 is 0. The molecule has 2 heterocycles. The van der Waals surface area contributed by atoms with Gasteiger partial charge in [-0.1, -0.05) is 0 Å². The van der Waals surface area contributed by atoms with E-state index < -0.39 is 14.6 Å². The Morgan fingerprint density at radius 1 is 1.33 bits per heavy atom.